The Labute approximate surface area is 208 Å². The number of halogens is 2. The molecule has 0 atom stereocenters. The Hall–Kier alpha value is -1.62. The summed E-state index contributed by atoms with van der Waals surface area (Å²) in [7, 11) is 1.71. The number of carbonyl (C=O) groups is 1. The van der Waals surface area contributed by atoms with Gasteiger partial charge in [-0.1, -0.05) is 12.1 Å². The van der Waals surface area contributed by atoms with Crippen LogP contribution < -0.4 is 16.0 Å². The Morgan fingerprint density at radius 2 is 1.72 bits per heavy atom. The van der Waals surface area contributed by atoms with Crippen molar-refractivity contribution >= 4 is 36.0 Å². The SMILES string of the molecule is CN=C(NCC(C)(C)NC(=O)OC(C)(C)C)NCC1(c2ccc(F)cc2)CCOCC1.I. The summed E-state index contributed by atoms with van der Waals surface area (Å²) in [5, 5.41) is 9.55. The maximum absolute atomic E-state index is 13.4. The molecule has 1 aliphatic rings. The molecule has 1 aliphatic heterocycles. The van der Waals surface area contributed by atoms with Crippen LogP contribution in [-0.2, 0) is 14.9 Å². The topological polar surface area (TPSA) is 84.0 Å². The number of amides is 1. The molecule has 7 nitrogen and oxygen atoms in total. The molecule has 32 heavy (non-hydrogen) atoms. The van der Waals surface area contributed by atoms with Crippen molar-refractivity contribution in [3.8, 4) is 0 Å². The Morgan fingerprint density at radius 3 is 2.25 bits per heavy atom. The van der Waals surface area contributed by atoms with E-state index >= 15 is 0 Å². The van der Waals surface area contributed by atoms with Crippen LogP contribution in [0.15, 0.2) is 29.3 Å². The molecule has 1 saturated heterocycles. The number of nitrogens with zero attached hydrogens (tertiary/aromatic N) is 1. The molecule has 0 aromatic heterocycles. The lowest BCUT2D eigenvalue weighted by atomic mass is 9.74. The van der Waals surface area contributed by atoms with Crippen LogP contribution in [0.25, 0.3) is 0 Å². The first kappa shape index (κ1) is 28.4. The summed E-state index contributed by atoms with van der Waals surface area (Å²) in [6, 6.07) is 6.72. The number of benzene rings is 1. The third-order valence-electron chi connectivity index (χ3n) is 5.26. The summed E-state index contributed by atoms with van der Waals surface area (Å²) < 4.78 is 24.3. The first-order chi connectivity index (χ1) is 14.4. The third-order valence-corrected chi connectivity index (χ3v) is 5.26. The second-order valence-electron chi connectivity index (χ2n) is 9.69. The van der Waals surface area contributed by atoms with Crippen LogP contribution >= 0.6 is 24.0 Å². The first-order valence-electron chi connectivity index (χ1n) is 10.7. The van der Waals surface area contributed by atoms with Gasteiger partial charge in [0.05, 0.1) is 5.54 Å². The van der Waals surface area contributed by atoms with Gasteiger partial charge in [-0.25, -0.2) is 9.18 Å². The van der Waals surface area contributed by atoms with E-state index in [0.29, 0.717) is 32.3 Å². The zero-order valence-electron chi connectivity index (χ0n) is 20.0. The smallest absolute Gasteiger partial charge is 0.408 e. The largest absolute Gasteiger partial charge is 0.444 e. The second-order valence-corrected chi connectivity index (χ2v) is 9.69. The number of carbonyl (C=O) groups excluding carboxylic acids is 1. The van der Waals surface area contributed by atoms with Gasteiger partial charge in [0, 0.05) is 38.8 Å². The van der Waals surface area contributed by atoms with Gasteiger partial charge in [-0.2, -0.15) is 0 Å². The van der Waals surface area contributed by atoms with Gasteiger partial charge in [0.25, 0.3) is 0 Å². The van der Waals surface area contributed by atoms with Crippen molar-refractivity contribution in [1.82, 2.24) is 16.0 Å². The minimum atomic E-state index is -0.552. The number of rotatable bonds is 6. The van der Waals surface area contributed by atoms with Crippen molar-refractivity contribution in [1.29, 1.82) is 0 Å². The molecule has 9 heteroatoms. The minimum absolute atomic E-state index is 0. The first-order valence-corrected chi connectivity index (χ1v) is 10.7. The quantitative estimate of drug-likeness (QED) is 0.277. The van der Waals surface area contributed by atoms with E-state index in [9.17, 15) is 9.18 Å². The van der Waals surface area contributed by atoms with Gasteiger partial charge in [-0.15, -0.1) is 24.0 Å². The Balaban J connectivity index is 0.00000512. The Kier molecular flexibility index (Phi) is 10.7. The number of aliphatic imine (C=N–C) groups is 1. The highest BCUT2D eigenvalue weighted by Gasteiger charge is 2.35. The van der Waals surface area contributed by atoms with Gasteiger partial charge in [0.1, 0.15) is 11.4 Å². The van der Waals surface area contributed by atoms with Gasteiger partial charge in [0.15, 0.2) is 5.96 Å². The lowest BCUT2D eigenvalue weighted by molar-refractivity contribution is 0.0474. The van der Waals surface area contributed by atoms with Crippen molar-refractivity contribution in [3.05, 3.63) is 35.6 Å². The lowest BCUT2D eigenvalue weighted by Gasteiger charge is -2.38. The molecule has 0 radical (unpaired) electrons. The molecule has 1 aromatic carbocycles. The molecule has 0 aliphatic carbocycles. The van der Waals surface area contributed by atoms with E-state index in [1.54, 1.807) is 7.05 Å². The van der Waals surface area contributed by atoms with E-state index in [-0.39, 0.29) is 35.2 Å². The molecule has 182 valence electrons. The maximum Gasteiger partial charge on any atom is 0.408 e. The average molecular weight is 564 g/mol. The van der Waals surface area contributed by atoms with Crippen molar-refractivity contribution < 1.29 is 18.7 Å². The number of ether oxygens (including phenoxy) is 2. The number of hydrogen-bond acceptors (Lipinski definition) is 4. The van der Waals surface area contributed by atoms with Crippen LogP contribution in [0.4, 0.5) is 9.18 Å². The molecule has 2 rings (SSSR count). The predicted molar refractivity (Wildman–Crippen MR) is 136 cm³/mol. The molecule has 1 amide bonds. The van der Waals surface area contributed by atoms with Crippen LogP contribution in [0.2, 0.25) is 0 Å². The fourth-order valence-electron chi connectivity index (χ4n) is 3.54. The van der Waals surface area contributed by atoms with E-state index in [0.717, 1.165) is 18.4 Å². The van der Waals surface area contributed by atoms with Gasteiger partial charge in [-0.3, -0.25) is 4.99 Å². The standard InChI is InChI=1S/C23H37FN4O3.HI/c1-21(2,3)31-20(29)28-22(4,5)15-26-19(25-6)27-16-23(11-13-30-14-12-23)17-7-9-18(24)10-8-17;/h7-10H,11-16H2,1-6H3,(H,28,29)(H2,25,26,27);1H. The summed E-state index contributed by atoms with van der Waals surface area (Å²) in [6.07, 6.45) is 1.22. The summed E-state index contributed by atoms with van der Waals surface area (Å²) in [6.45, 7) is 11.7. The summed E-state index contributed by atoms with van der Waals surface area (Å²) in [5.41, 5.74) is -0.169. The number of alkyl carbamates (subject to hydrolysis) is 1. The molecule has 0 spiro atoms. The maximum atomic E-state index is 13.4. The molecule has 0 unspecified atom stereocenters. The molecule has 1 aromatic rings. The summed E-state index contributed by atoms with van der Waals surface area (Å²) in [4.78, 5) is 16.4. The van der Waals surface area contributed by atoms with Crippen LogP contribution in [-0.4, -0.2) is 56.5 Å². The fraction of sp³-hybridized carbons (Fsp3) is 0.652. The highest BCUT2D eigenvalue weighted by Crippen LogP contribution is 2.34. The highest BCUT2D eigenvalue weighted by atomic mass is 127. The van der Waals surface area contributed by atoms with Crippen molar-refractivity contribution in [3.63, 3.8) is 0 Å². The van der Waals surface area contributed by atoms with Crippen molar-refractivity contribution in [2.45, 2.75) is 64.0 Å². The molecular weight excluding hydrogens is 526 g/mol. The third kappa shape index (κ3) is 9.09. The van der Waals surface area contributed by atoms with Crippen molar-refractivity contribution in [2.75, 3.05) is 33.4 Å². The molecule has 3 N–H and O–H groups in total. The van der Waals surface area contributed by atoms with Gasteiger partial charge < -0.3 is 25.4 Å². The second kappa shape index (κ2) is 12.0. The molecular formula is C23H38FIN4O3. The van der Waals surface area contributed by atoms with E-state index in [1.807, 2.05) is 46.8 Å². The number of guanidine groups is 1. The van der Waals surface area contributed by atoms with E-state index in [1.165, 1.54) is 12.1 Å². The zero-order chi connectivity index (χ0) is 23.1. The summed E-state index contributed by atoms with van der Waals surface area (Å²) >= 11 is 0. The minimum Gasteiger partial charge on any atom is -0.444 e. The van der Waals surface area contributed by atoms with E-state index in [2.05, 4.69) is 20.9 Å². The van der Waals surface area contributed by atoms with E-state index < -0.39 is 17.2 Å². The van der Waals surface area contributed by atoms with Crippen LogP contribution in [0.5, 0.6) is 0 Å². The van der Waals surface area contributed by atoms with Crippen LogP contribution in [0.3, 0.4) is 0 Å². The lowest BCUT2D eigenvalue weighted by Crippen LogP contribution is -2.55. The van der Waals surface area contributed by atoms with Gasteiger partial charge >= 0.3 is 6.09 Å². The van der Waals surface area contributed by atoms with Crippen molar-refractivity contribution in [2.24, 2.45) is 4.99 Å². The number of hydrogen-bond donors (Lipinski definition) is 3. The Morgan fingerprint density at radius 1 is 1.12 bits per heavy atom. The number of nitrogens with one attached hydrogen (secondary N) is 3. The van der Waals surface area contributed by atoms with Gasteiger partial charge in [0.2, 0.25) is 0 Å². The average Bonchev–Trinajstić information content (AvgIpc) is 2.67. The molecule has 1 heterocycles. The zero-order valence-corrected chi connectivity index (χ0v) is 22.3. The predicted octanol–water partition coefficient (Wildman–Crippen LogP) is 3.96. The molecule has 0 saturated carbocycles. The Bertz CT molecular complexity index is 758. The summed E-state index contributed by atoms with van der Waals surface area (Å²) in [5.74, 6) is 0.392. The normalized spacial score (nSPS) is 16.5. The van der Waals surface area contributed by atoms with Crippen LogP contribution in [0, 0.1) is 5.82 Å². The molecule has 1 fully saturated rings. The molecule has 0 bridgehead atoms. The monoisotopic (exact) mass is 564 g/mol. The highest BCUT2D eigenvalue weighted by molar-refractivity contribution is 14.0. The van der Waals surface area contributed by atoms with Gasteiger partial charge in [-0.05, 0) is 65.2 Å². The van der Waals surface area contributed by atoms with Crippen LogP contribution in [0.1, 0.15) is 53.0 Å². The fourth-order valence-corrected chi connectivity index (χ4v) is 3.54. The van der Waals surface area contributed by atoms with E-state index in [4.69, 9.17) is 9.47 Å².